The maximum Gasteiger partial charge on any atom is 1.00 e. The molecule has 0 aromatic heterocycles. The molecule has 0 amide bonds. The Kier molecular flexibility index (Phi) is 6.24. The van der Waals surface area contributed by atoms with Crippen molar-refractivity contribution in [3.63, 3.8) is 0 Å². The third-order valence-electron chi connectivity index (χ3n) is 3.42. The summed E-state index contributed by atoms with van der Waals surface area (Å²) in [5.74, 6) is -4.59. The number of carboxylic acids is 1. The number of aliphatic hydroxyl groups excluding tert-OH is 3. The van der Waals surface area contributed by atoms with E-state index in [0.717, 1.165) is 24.3 Å². The van der Waals surface area contributed by atoms with E-state index in [4.69, 9.17) is 4.74 Å². The quantitative estimate of drug-likeness (QED) is 0.238. The molecule has 120 valence electrons. The molecule has 1 heterocycles. The molecule has 0 aliphatic carbocycles. The number of carboxylic acid groups (broad SMARTS) is 1. The van der Waals surface area contributed by atoms with Gasteiger partial charge in [-0.05, 0) is 12.1 Å². The molecule has 2 rings (SSSR count). The van der Waals surface area contributed by atoms with Gasteiger partial charge in [0.25, 0.3) is 5.69 Å². The monoisotopic (exact) mass is 337 g/mol. The maximum atomic E-state index is 10.9. The van der Waals surface area contributed by atoms with E-state index in [1.165, 1.54) is 0 Å². The first-order valence-electron chi connectivity index (χ1n) is 6.08. The van der Waals surface area contributed by atoms with Gasteiger partial charge in [0.15, 0.2) is 0 Å². The van der Waals surface area contributed by atoms with Crippen molar-refractivity contribution in [1.29, 1.82) is 0 Å². The second-order valence-corrected chi connectivity index (χ2v) is 4.78. The van der Waals surface area contributed by atoms with Gasteiger partial charge in [-0.3, -0.25) is 10.1 Å². The Balaban J connectivity index is 0.00000264. The second-order valence-electron chi connectivity index (χ2n) is 4.78. The summed E-state index contributed by atoms with van der Waals surface area (Å²) in [5.41, 5.74) is -0.544. The van der Waals surface area contributed by atoms with Gasteiger partial charge in [-0.25, -0.2) is 0 Å². The predicted molar refractivity (Wildman–Crippen MR) is 64.9 cm³/mol. The summed E-state index contributed by atoms with van der Waals surface area (Å²) in [5, 5.41) is 60.9. The van der Waals surface area contributed by atoms with E-state index in [1.807, 2.05) is 0 Å². The Morgan fingerprint density at radius 2 is 1.70 bits per heavy atom. The number of non-ortho nitro benzene ring substituents is 1. The minimum atomic E-state index is -2.68. The number of aliphatic carboxylic acids is 1. The molecule has 0 unspecified atom stereocenters. The third kappa shape index (κ3) is 3.54. The van der Waals surface area contributed by atoms with Gasteiger partial charge < -0.3 is 35.1 Å². The van der Waals surface area contributed by atoms with Crippen molar-refractivity contribution >= 4 is 11.7 Å². The molecule has 1 aliphatic rings. The molecule has 1 saturated heterocycles. The molecule has 0 spiro atoms. The molecule has 0 bridgehead atoms. The fourth-order valence-electron chi connectivity index (χ4n) is 2.18. The maximum absolute atomic E-state index is 10.9. The van der Waals surface area contributed by atoms with Gasteiger partial charge in [0, 0.05) is 17.7 Å². The number of nitro groups is 1. The van der Waals surface area contributed by atoms with E-state index < -0.39 is 41.1 Å². The Morgan fingerprint density at radius 3 is 2.13 bits per heavy atom. The Bertz CT molecular complexity index is 595. The van der Waals surface area contributed by atoms with Crippen LogP contribution in [0.3, 0.4) is 0 Å². The number of aliphatic hydroxyl groups is 4. The van der Waals surface area contributed by atoms with Crippen LogP contribution in [0.1, 0.15) is 5.56 Å². The summed E-state index contributed by atoms with van der Waals surface area (Å²) in [6, 6.07) is 4.04. The summed E-state index contributed by atoms with van der Waals surface area (Å²) < 4.78 is 4.78. The molecule has 0 radical (unpaired) electrons. The van der Waals surface area contributed by atoms with Crippen LogP contribution in [0.2, 0.25) is 0 Å². The number of hydrogen-bond acceptors (Lipinski definition) is 9. The van der Waals surface area contributed by atoms with Crippen LogP contribution in [0, 0.1) is 10.1 Å². The molecule has 4 N–H and O–H groups in total. The number of ether oxygens (including phenoxy) is 1. The van der Waals surface area contributed by atoms with Gasteiger partial charge in [-0.2, -0.15) is 0 Å². The number of nitrogens with zero attached hydrogens (tertiary/aromatic N) is 1. The first-order valence-corrected chi connectivity index (χ1v) is 6.08. The standard InChI is InChI=1S/C12H13NO9.Na/c14-7-8(15)10(16)12(19,22-9(7)11(17)18)5-1-3-6(4-2-5)13(20)21;/h1-4,7-10,14-16,19H,(H,17,18);/q;+1/p-1/t7-,8-,9-,10+,12+;/m0./s1. The van der Waals surface area contributed by atoms with Crippen LogP contribution in [0.4, 0.5) is 5.69 Å². The number of hydrogen-bond donors (Lipinski definition) is 4. The molecule has 5 atom stereocenters. The molecular formula is C12H12NNaO9. The molecule has 0 saturated carbocycles. The molecule has 11 heteroatoms. The Morgan fingerprint density at radius 1 is 1.17 bits per heavy atom. The van der Waals surface area contributed by atoms with Crippen LogP contribution in [0.25, 0.3) is 0 Å². The SMILES string of the molecule is O=C([O-])[C@H]1O[C@](O)(c2ccc([N+](=O)[O-])cc2)[C@H](O)[C@@H](O)[C@@H]1O.[Na+]. The van der Waals surface area contributed by atoms with Gasteiger partial charge in [0.1, 0.15) is 24.4 Å². The largest absolute Gasteiger partial charge is 1.00 e. The summed E-state index contributed by atoms with van der Waals surface area (Å²) in [6.07, 6.45) is -8.23. The Labute approximate surface area is 151 Å². The van der Waals surface area contributed by atoms with Crippen molar-refractivity contribution in [2.45, 2.75) is 30.2 Å². The van der Waals surface area contributed by atoms with E-state index >= 15 is 0 Å². The molecule has 1 aromatic rings. The van der Waals surface area contributed by atoms with Crippen LogP contribution in [0.15, 0.2) is 24.3 Å². The first-order chi connectivity index (χ1) is 10.2. The van der Waals surface area contributed by atoms with Crippen molar-refractivity contribution in [2.75, 3.05) is 0 Å². The predicted octanol–water partition coefficient (Wildman–Crippen LogP) is -6.02. The summed E-state index contributed by atoms with van der Waals surface area (Å²) in [4.78, 5) is 20.8. The summed E-state index contributed by atoms with van der Waals surface area (Å²) >= 11 is 0. The van der Waals surface area contributed by atoms with Crippen molar-refractivity contribution in [3.8, 4) is 0 Å². The summed E-state index contributed by atoms with van der Waals surface area (Å²) in [6.45, 7) is 0. The van der Waals surface area contributed by atoms with Crippen molar-refractivity contribution < 1.29 is 69.5 Å². The van der Waals surface area contributed by atoms with Crippen molar-refractivity contribution in [3.05, 3.63) is 39.9 Å². The number of rotatable bonds is 3. The molecule has 23 heavy (non-hydrogen) atoms. The van der Waals surface area contributed by atoms with Crippen molar-refractivity contribution in [2.24, 2.45) is 0 Å². The minimum absolute atomic E-state index is 0. The van der Waals surface area contributed by atoms with Crippen molar-refractivity contribution in [1.82, 2.24) is 0 Å². The van der Waals surface area contributed by atoms with Gasteiger partial charge in [0.05, 0.1) is 10.9 Å². The third-order valence-corrected chi connectivity index (χ3v) is 3.42. The van der Waals surface area contributed by atoms with Crippen LogP contribution < -0.4 is 34.7 Å². The van der Waals surface area contributed by atoms with E-state index in [-0.39, 0.29) is 40.8 Å². The average molecular weight is 337 g/mol. The fourth-order valence-corrected chi connectivity index (χ4v) is 2.18. The van der Waals surface area contributed by atoms with E-state index in [2.05, 4.69) is 0 Å². The van der Waals surface area contributed by atoms with Gasteiger partial charge in [-0.1, -0.05) is 0 Å². The van der Waals surface area contributed by atoms with Crippen LogP contribution in [0.5, 0.6) is 0 Å². The zero-order valence-corrected chi connectivity index (χ0v) is 13.9. The van der Waals surface area contributed by atoms with E-state index in [9.17, 15) is 40.4 Å². The Hall–Kier alpha value is -1.11. The smallest absolute Gasteiger partial charge is 0.547 e. The molecule has 1 aromatic carbocycles. The number of carbonyl (C=O) groups excluding carboxylic acids is 1. The summed E-state index contributed by atoms with van der Waals surface area (Å²) in [7, 11) is 0. The molecule has 1 aliphatic heterocycles. The molecule has 1 fully saturated rings. The average Bonchev–Trinajstić information content (AvgIpc) is 2.48. The zero-order valence-electron chi connectivity index (χ0n) is 11.9. The minimum Gasteiger partial charge on any atom is -0.547 e. The number of benzene rings is 1. The van der Waals surface area contributed by atoms with Crippen LogP contribution in [-0.4, -0.2) is 55.7 Å². The van der Waals surface area contributed by atoms with Crippen LogP contribution in [-0.2, 0) is 15.3 Å². The number of carbonyl (C=O) groups is 1. The first kappa shape index (κ1) is 19.9. The topological polar surface area (TPSA) is 173 Å². The normalized spacial score (nSPS) is 33.6. The number of nitro benzene ring substituents is 1. The zero-order chi connectivity index (χ0) is 16.7. The van der Waals surface area contributed by atoms with Gasteiger partial charge in [0.2, 0.25) is 5.79 Å². The van der Waals surface area contributed by atoms with Crippen LogP contribution >= 0.6 is 0 Å². The van der Waals surface area contributed by atoms with Gasteiger partial charge >= 0.3 is 29.6 Å². The molecular weight excluding hydrogens is 325 g/mol. The fraction of sp³-hybridized carbons (Fsp3) is 0.417. The second kappa shape index (κ2) is 7.20. The molecule has 10 nitrogen and oxygen atoms in total. The van der Waals surface area contributed by atoms with E-state index in [0.29, 0.717) is 0 Å². The van der Waals surface area contributed by atoms with E-state index in [1.54, 1.807) is 0 Å². The van der Waals surface area contributed by atoms with Gasteiger partial charge in [-0.15, -0.1) is 0 Å².